The van der Waals surface area contributed by atoms with Crippen molar-refractivity contribution in [2.75, 3.05) is 5.32 Å². The van der Waals surface area contributed by atoms with Gasteiger partial charge in [-0.25, -0.2) is 0 Å². The van der Waals surface area contributed by atoms with Gasteiger partial charge in [-0.15, -0.1) is 0 Å². The maximum absolute atomic E-state index is 10.8. The number of hydrogen-bond acceptors (Lipinski definition) is 4. The molecule has 1 N–H and O–H groups in total. The monoisotopic (exact) mass is 203 g/mol. The Morgan fingerprint density at radius 3 is 3.00 bits per heavy atom. The number of anilines is 1. The zero-order valence-electron chi connectivity index (χ0n) is 8.10. The Balaban J connectivity index is 2.24. The van der Waals surface area contributed by atoms with E-state index in [9.17, 15) is 4.79 Å². The molecule has 0 spiro atoms. The number of rotatable bonds is 2. The highest BCUT2D eigenvalue weighted by Crippen LogP contribution is 2.17. The average molecular weight is 203 g/mol. The molecule has 0 saturated carbocycles. The third-order valence-corrected chi connectivity index (χ3v) is 1.69. The Morgan fingerprint density at radius 2 is 2.33 bits per heavy atom. The molecule has 2 heterocycles. The standard InChI is InChI=1S/C10H9N3O2/c1-7(14)12-9-6-15-10(13-9)8-4-2-3-5-11-8/h2-6H,1H3,(H,12,14). The van der Waals surface area contributed by atoms with Crippen LogP contribution in [0.1, 0.15) is 6.92 Å². The van der Waals surface area contributed by atoms with Crippen molar-refractivity contribution in [1.82, 2.24) is 9.97 Å². The van der Waals surface area contributed by atoms with Gasteiger partial charge in [0.2, 0.25) is 11.8 Å². The summed E-state index contributed by atoms with van der Waals surface area (Å²) in [5.41, 5.74) is 0.633. The Morgan fingerprint density at radius 1 is 1.47 bits per heavy atom. The topological polar surface area (TPSA) is 68.0 Å². The molecule has 76 valence electrons. The molecule has 0 aromatic carbocycles. The van der Waals surface area contributed by atoms with E-state index in [-0.39, 0.29) is 5.91 Å². The summed E-state index contributed by atoms with van der Waals surface area (Å²) in [5, 5.41) is 2.52. The quantitative estimate of drug-likeness (QED) is 0.806. The molecule has 0 radical (unpaired) electrons. The van der Waals surface area contributed by atoms with Crippen molar-refractivity contribution in [2.24, 2.45) is 0 Å². The van der Waals surface area contributed by atoms with E-state index in [2.05, 4.69) is 15.3 Å². The lowest BCUT2D eigenvalue weighted by atomic mass is 10.3. The number of hydrogen-bond donors (Lipinski definition) is 1. The molecular weight excluding hydrogens is 194 g/mol. The molecule has 0 aliphatic carbocycles. The van der Waals surface area contributed by atoms with Gasteiger partial charge >= 0.3 is 0 Å². The number of pyridine rings is 1. The summed E-state index contributed by atoms with van der Waals surface area (Å²) in [4.78, 5) is 18.9. The third-order valence-electron chi connectivity index (χ3n) is 1.69. The molecule has 0 unspecified atom stereocenters. The molecule has 2 aromatic rings. The molecule has 0 aliphatic heterocycles. The highest BCUT2D eigenvalue weighted by atomic mass is 16.3. The molecule has 0 aliphatic rings. The Hall–Kier alpha value is -2.17. The summed E-state index contributed by atoms with van der Waals surface area (Å²) < 4.78 is 5.16. The van der Waals surface area contributed by atoms with E-state index in [1.807, 2.05) is 6.07 Å². The smallest absolute Gasteiger partial charge is 0.247 e. The summed E-state index contributed by atoms with van der Waals surface area (Å²) >= 11 is 0. The summed E-state index contributed by atoms with van der Waals surface area (Å²) in [6.07, 6.45) is 3.03. The first-order chi connectivity index (χ1) is 7.25. The van der Waals surface area contributed by atoms with E-state index in [4.69, 9.17) is 4.42 Å². The van der Waals surface area contributed by atoms with Gasteiger partial charge in [0.25, 0.3) is 0 Å². The molecular formula is C10H9N3O2. The molecule has 2 rings (SSSR count). The molecule has 1 amide bonds. The number of carbonyl (C=O) groups is 1. The number of carbonyl (C=O) groups excluding carboxylic acids is 1. The van der Waals surface area contributed by atoms with Crippen LogP contribution in [0, 0.1) is 0 Å². The Labute approximate surface area is 86.2 Å². The molecule has 0 fully saturated rings. The van der Waals surface area contributed by atoms with Gasteiger partial charge in [-0.1, -0.05) is 6.07 Å². The Kier molecular flexibility index (Phi) is 2.45. The number of aromatic nitrogens is 2. The van der Waals surface area contributed by atoms with Gasteiger partial charge in [-0.05, 0) is 12.1 Å². The lowest BCUT2D eigenvalue weighted by molar-refractivity contribution is -0.114. The van der Waals surface area contributed by atoms with Gasteiger partial charge in [0.05, 0.1) is 0 Å². The summed E-state index contributed by atoms with van der Waals surface area (Å²) in [7, 11) is 0. The number of amides is 1. The molecule has 5 heteroatoms. The SMILES string of the molecule is CC(=O)Nc1coc(-c2ccccn2)n1. The van der Waals surface area contributed by atoms with E-state index < -0.39 is 0 Å². The van der Waals surface area contributed by atoms with E-state index in [1.54, 1.807) is 18.3 Å². The second-order valence-corrected chi connectivity index (χ2v) is 2.93. The van der Waals surface area contributed by atoms with Crippen LogP contribution in [0.2, 0.25) is 0 Å². The van der Waals surface area contributed by atoms with Crippen molar-refractivity contribution >= 4 is 11.7 Å². The highest BCUT2D eigenvalue weighted by Gasteiger charge is 2.07. The van der Waals surface area contributed by atoms with Crippen LogP contribution >= 0.6 is 0 Å². The fourth-order valence-electron chi connectivity index (χ4n) is 1.12. The van der Waals surface area contributed by atoms with Crippen molar-refractivity contribution in [3.63, 3.8) is 0 Å². The predicted octanol–water partition coefficient (Wildman–Crippen LogP) is 1.69. The minimum atomic E-state index is -0.184. The van der Waals surface area contributed by atoms with Crippen LogP contribution in [0.25, 0.3) is 11.6 Å². The van der Waals surface area contributed by atoms with Crippen molar-refractivity contribution in [3.05, 3.63) is 30.7 Å². The van der Waals surface area contributed by atoms with Crippen LogP contribution in [0.4, 0.5) is 5.82 Å². The van der Waals surface area contributed by atoms with Crippen molar-refractivity contribution in [2.45, 2.75) is 6.92 Å². The zero-order chi connectivity index (χ0) is 10.7. The lowest BCUT2D eigenvalue weighted by Gasteiger charge is -1.92. The normalized spacial score (nSPS) is 9.93. The van der Waals surface area contributed by atoms with Crippen LogP contribution in [-0.4, -0.2) is 15.9 Å². The number of nitrogens with zero attached hydrogens (tertiary/aromatic N) is 2. The third kappa shape index (κ3) is 2.19. The highest BCUT2D eigenvalue weighted by molar-refractivity contribution is 5.87. The van der Waals surface area contributed by atoms with E-state index in [0.29, 0.717) is 17.4 Å². The first kappa shape index (κ1) is 9.39. The van der Waals surface area contributed by atoms with Gasteiger partial charge in [0.1, 0.15) is 12.0 Å². The van der Waals surface area contributed by atoms with Gasteiger partial charge in [-0.3, -0.25) is 9.78 Å². The van der Waals surface area contributed by atoms with Crippen molar-refractivity contribution in [1.29, 1.82) is 0 Å². The van der Waals surface area contributed by atoms with Crippen LogP contribution in [-0.2, 0) is 4.79 Å². The average Bonchev–Trinajstić information content (AvgIpc) is 2.67. The summed E-state index contributed by atoms with van der Waals surface area (Å²) in [5.74, 6) is 0.596. The van der Waals surface area contributed by atoms with Gasteiger partial charge in [-0.2, -0.15) is 4.98 Å². The van der Waals surface area contributed by atoms with Gasteiger partial charge in [0.15, 0.2) is 5.82 Å². The minimum absolute atomic E-state index is 0.184. The number of oxazole rings is 1. The molecule has 0 saturated heterocycles. The van der Waals surface area contributed by atoms with Crippen molar-refractivity contribution < 1.29 is 9.21 Å². The Bertz CT molecular complexity index is 465. The van der Waals surface area contributed by atoms with Crippen LogP contribution < -0.4 is 5.32 Å². The van der Waals surface area contributed by atoms with Crippen LogP contribution in [0.15, 0.2) is 35.1 Å². The maximum Gasteiger partial charge on any atom is 0.247 e. The fraction of sp³-hybridized carbons (Fsp3) is 0.100. The largest absolute Gasteiger partial charge is 0.441 e. The summed E-state index contributed by atoms with van der Waals surface area (Å²) in [6, 6.07) is 5.43. The first-order valence-corrected chi connectivity index (χ1v) is 4.40. The summed E-state index contributed by atoms with van der Waals surface area (Å²) in [6.45, 7) is 1.41. The second kappa shape index (κ2) is 3.91. The molecule has 0 bridgehead atoms. The predicted molar refractivity (Wildman–Crippen MR) is 54.0 cm³/mol. The van der Waals surface area contributed by atoms with Crippen LogP contribution in [0.5, 0.6) is 0 Å². The van der Waals surface area contributed by atoms with E-state index >= 15 is 0 Å². The molecule has 5 nitrogen and oxygen atoms in total. The fourth-order valence-corrected chi connectivity index (χ4v) is 1.12. The van der Waals surface area contributed by atoms with Gasteiger partial charge < -0.3 is 9.73 Å². The molecule has 0 atom stereocenters. The minimum Gasteiger partial charge on any atom is -0.441 e. The number of nitrogens with one attached hydrogen (secondary N) is 1. The molecule has 15 heavy (non-hydrogen) atoms. The zero-order valence-corrected chi connectivity index (χ0v) is 8.10. The van der Waals surface area contributed by atoms with Crippen LogP contribution in [0.3, 0.4) is 0 Å². The van der Waals surface area contributed by atoms with E-state index in [0.717, 1.165) is 0 Å². The van der Waals surface area contributed by atoms with Gasteiger partial charge in [0, 0.05) is 13.1 Å². The van der Waals surface area contributed by atoms with Crippen molar-refractivity contribution in [3.8, 4) is 11.6 Å². The maximum atomic E-state index is 10.8. The van der Waals surface area contributed by atoms with E-state index in [1.165, 1.54) is 13.2 Å². The lowest BCUT2D eigenvalue weighted by Crippen LogP contribution is -2.05. The first-order valence-electron chi connectivity index (χ1n) is 4.40. The second-order valence-electron chi connectivity index (χ2n) is 2.93. The molecule has 2 aromatic heterocycles.